The van der Waals surface area contributed by atoms with Crippen molar-refractivity contribution in [2.75, 3.05) is 33.0 Å². The van der Waals surface area contributed by atoms with Crippen LogP contribution in [0, 0.1) is 12.3 Å². The van der Waals surface area contributed by atoms with E-state index in [0.717, 1.165) is 12.0 Å². The minimum Gasteiger partial charge on any atom is -0.491 e. The molecule has 0 aliphatic carbocycles. The van der Waals surface area contributed by atoms with Gasteiger partial charge in [-0.3, -0.25) is 9.59 Å². The molecule has 46 heavy (non-hydrogen) atoms. The highest BCUT2D eigenvalue weighted by molar-refractivity contribution is 5.73. The quantitative estimate of drug-likeness (QED) is 0.103. The SMILES string of the molecule is C#CCc1cc(OCCOCC)cc(-c2cn(CCC(=O)O)cc(-c3ccc(OCC(Cc4ccccc4)OCC)cc3)c2=O)c1. The Morgan fingerprint density at radius 2 is 1.61 bits per heavy atom. The van der Waals surface area contributed by atoms with Gasteiger partial charge in [0.15, 0.2) is 5.43 Å². The molecule has 240 valence electrons. The van der Waals surface area contributed by atoms with E-state index in [-0.39, 0.29) is 24.5 Å². The molecule has 3 aromatic carbocycles. The summed E-state index contributed by atoms with van der Waals surface area (Å²) in [5.74, 6) is 2.95. The number of carbonyl (C=O) groups is 1. The first-order valence-electron chi connectivity index (χ1n) is 15.5. The van der Waals surface area contributed by atoms with E-state index in [4.69, 9.17) is 25.4 Å². The molecule has 0 fully saturated rings. The summed E-state index contributed by atoms with van der Waals surface area (Å²) in [7, 11) is 0. The molecule has 1 heterocycles. The third kappa shape index (κ3) is 10.1. The van der Waals surface area contributed by atoms with E-state index in [9.17, 15) is 14.7 Å². The first-order chi connectivity index (χ1) is 22.4. The number of aliphatic carboxylic acids is 1. The van der Waals surface area contributed by atoms with E-state index in [1.54, 1.807) is 23.0 Å². The molecule has 1 aromatic heterocycles. The third-order valence-electron chi connectivity index (χ3n) is 7.26. The second kappa shape index (κ2) is 17.6. The molecule has 0 saturated carbocycles. The molecule has 1 atom stereocenters. The van der Waals surface area contributed by atoms with Crippen LogP contribution in [0.4, 0.5) is 0 Å². The van der Waals surface area contributed by atoms with Crippen molar-refractivity contribution in [2.24, 2.45) is 0 Å². The fourth-order valence-electron chi connectivity index (χ4n) is 5.08. The summed E-state index contributed by atoms with van der Waals surface area (Å²) in [5, 5.41) is 9.35. The van der Waals surface area contributed by atoms with Gasteiger partial charge >= 0.3 is 5.97 Å². The van der Waals surface area contributed by atoms with Crippen LogP contribution in [0.5, 0.6) is 11.5 Å². The average Bonchev–Trinajstić information content (AvgIpc) is 3.06. The van der Waals surface area contributed by atoms with E-state index in [2.05, 4.69) is 18.1 Å². The predicted molar refractivity (Wildman–Crippen MR) is 179 cm³/mol. The highest BCUT2D eigenvalue weighted by atomic mass is 16.5. The van der Waals surface area contributed by atoms with Crippen molar-refractivity contribution in [1.29, 1.82) is 0 Å². The molecule has 4 aromatic rings. The van der Waals surface area contributed by atoms with Crippen molar-refractivity contribution in [1.82, 2.24) is 4.57 Å². The average molecular weight is 624 g/mol. The van der Waals surface area contributed by atoms with Crippen LogP contribution >= 0.6 is 0 Å². The molecule has 0 aliphatic heterocycles. The summed E-state index contributed by atoms with van der Waals surface area (Å²) in [6.45, 7) is 6.40. The van der Waals surface area contributed by atoms with Gasteiger partial charge in [0.25, 0.3) is 0 Å². The van der Waals surface area contributed by atoms with Gasteiger partial charge in [0.2, 0.25) is 0 Å². The van der Waals surface area contributed by atoms with Crippen LogP contribution < -0.4 is 14.9 Å². The number of ether oxygens (including phenoxy) is 4. The fourth-order valence-corrected chi connectivity index (χ4v) is 5.08. The molecular formula is C38H41NO7. The molecule has 1 unspecified atom stereocenters. The number of carboxylic acids is 1. The molecule has 0 amide bonds. The van der Waals surface area contributed by atoms with Gasteiger partial charge in [0.1, 0.15) is 24.7 Å². The van der Waals surface area contributed by atoms with Gasteiger partial charge in [-0.2, -0.15) is 0 Å². The van der Waals surface area contributed by atoms with Crippen LogP contribution in [0.3, 0.4) is 0 Å². The van der Waals surface area contributed by atoms with Gasteiger partial charge in [-0.25, -0.2) is 0 Å². The second-order valence-corrected chi connectivity index (χ2v) is 10.7. The minimum atomic E-state index is -0.929. The molecule has 0 bridgehead atoms. The Morgan fingerprint density at radius 1 is 0.870 bits per heavy atom. The zero-order valence-corrected chi connectivity index (χ0v) is 26.4. The number of hydrogen-bond acceptors (Lipinski definition) is 6. The predicted octanol–water partition coefficient (Wildman–Crippen LogP) is 6.27. The van der Waals surface area contributed by atoms with Crippen LogP contribution in [0.2, 0.25) is 0 Å². The number of aryl methyl sites for hydroxylation is 1. The van der Waals surface area contributed by atoms with E-state index >= 15 is 0 Å². The number of terminal acetylenes is 1. The number of aromatic nitrogens is 1. The lowest BCUT2D eigenvalue weighted by molar-refractivity contribution is -0.137. The summed E-state index contributed by atoms with van der Waals surface area (Å²) in [6, 6.07) is 23.0. The maximum Gasteiger partial charge on any atom is 0.305 e. The fraction of sp³-hybridized carbons (Fsp3) is 0.316. The maximum atomic E-state index is 14.0. The molecule has 8 nitrogen and oxygen atoms in total. The molecule has 8 heteroatoms. The number of pyridine rings is 1. The smallest absolute Gasteiger partial charge is 0.305 e. The Labute approximate surface area is 270 Å². The Balaban J connectivity index is 1.62. The van der Waals surface area contributed by atoms with Crippen LogP contribution in [-0.2, 0) is 33.7 Å². The zero-order valence-electron chi connectivity index (χ0n) is 26.4. The van der Waals surface area contributed by atoms with Gasteiger partial charge in [-0.1, -0.05) is 42.5 Å². The second-order valence-electron chi connectivity index (χ2n) is 10.7. The minimum absolute atomic E-state index is 0.0958. The normalized spacial score (nSPS) is 11.5. The van der Waals surface area contributed by atoms with E-state index in [0.29, 0.717) is 73.2 Å². The summed E-state index contributed by atoms with van der Waals surface area (Å²) < 4.78 is 25.0. The topological polar surface area (TPSA) is 96.2 Å². The highest BCUT2D eigenvalue weighted by Crippen LogP contribution is 2.28. The van der Waals surface area contributed by atoms with Crippen LogP contribution in [-0.4, -0.2) is 54.8 Å². The first kappa shape index (κ1) is 34.0. The summed E-state index contributed by atoms with van der Waals surface area (Å²) in [5.41, 5.74) is 3.97. The molecule has 1 N–H and O–H groups in total. The van der Waals surface area contributed by atoms with Gasteiger partial charge in [0.05, 0.1) is 19.1 Å². The van der Waals surface area contributed by atoms with Crippen molar-refractivity contribution in [3.05, 3.63) is 107 Å². The first-order valence-corrected chi connectivity index (χ1v) is 15.5. The third-order valence-corrected chi connectivity index (χ3v) is 7.26. The van der Waals surface area contributed by atoms with Gasteiger partial charge in [-0.15, -0.1) is 12.3 Å². The Kier molecular flexibility index (Phi) is 13.0. The Hall–Kier alpha value is -4.84. The van der Waals surface area contributed by atoms with Crippen LogP contribution in [0.25, 0.3) is 22.3 Å². The lowest BCUT2D eigenvalue weighted by Crippen LogP contribution is -2.24. The Bertz CT molecular complexity index is 1660. The molecular weight excluding hydrogens is 582 g/mol. The molecule has 0 aliphatic rings. The number of rotatable bonds is 18. The van der Waals surface area contributed by atoms with Gasteiger partial charge in [0, 0.05) is 56.1 Å². The van der Waals surface area contributed by atoms with Crippen LogP contribution in [0.15, 0.2) is 90.0 Å². The lowest BCUT2D eigenvalue weighted by atomic mass is 9.98. The molecule has 4 rings (SSSR count). The van der Waals surface area contributed by atoms with Gasteiger partial charge in [-0.05, 0) is 66.4 Å². The standard InChI is InChI=1S/C38H41NO7/c1-4-10-29-21-31(24-33(23-29)45-20-19-43-5-2)36-26-39(18-17-37(40)41)25-35(38(36)42)30-13-15-32(16-14-30)46-27-34(44-6-3)22-28-11-8-7-9-12-28/h1,7-9,11-16,21,23-26,34H,5-6,10,17-20,22,27H2,2-3H3,(H,40,41). The number of carboxylic acid groups (broad SMARTS) is 1. The van der Waals surface area contributed by atoms with E-state index in [1.807, 2.05) is 68.4 Å². The maximum absolute atomic E-state index is 14.0. The van der Waals surface area contributed by atoms with E-state index < -0.39 is 5.97 Å². The van der Waals surface area contributed by atoms with Crippen molar-refractivity contribution >= 4 is 5.97 Å². The molecule has 0 radical (unpaired) electrons. The van der Waals surface area contributed by atoms with Crippen molar-refractivity contribution in [3.8, 4) is 46.1 Å². The van der Waals surface area contributed by atoms with Crippen molar-refractivity contribution < 1.29 is 28.8 Å². The van der Waals surface area contributed by atoms with Crippen LogP contribution in [0.1, 0.15) is 31.4 Å². The molecule has 0 saturated heterocycles. The Morgan fingerprint density at radius 3 is 2.28 bits per heavy atom. The lowest BCUT2D eigenvalue weighted by Gasteiger charge is -2.18. The highest BCUT2D eigenvalue weighted by Gasteiger charge is 2.16. The summed E-state index contributed by atoms with van der Waals surface area (Å²) >= 11 is 0. The van der Waals surface area contributed by atoms with Crippen molar-refractivity contribution in [2.45, 2.75) is 45.8 Å². The zero-order chi connectivity index (χ0) is 32.7. The monoisotopic (exact) mass is 623 g/mol. The number of hydrogen-bond donors (Lipinski definition) is 1. The number of benzene rings is 3. The van der Waals surface area contributed by atoms with Gasteiger partial charge < -0.3 is 28.6 Å². The summed E-state index contributed by atoms with van der Waals surface area (Å²) in [6.07, 6.45) is 9.88. The largest absolute Gasteiger partial charge is 0.491 e. The summed E-state index contributed by atoms with van der Waals surface area (Å²) in [4.78, 5) is 25.4. The van der Waals surface area contributed by atoms with E-state index in [1.165, 1.54) is 5.56 Å². The molecule has 0 spiro atoms. The number of nitrogens with zero attached hydrogens (tertiary/aromatic N) is 1. The van der Waals surface area contributed by atoms with Crippen molar-refractivity contribution in [3.63, 3.8) is 0 Å².